The predicted molar refractivity (Wildman–Crippen MR) is 62.0 cm³/mol. The van der Waals surface area contributed by atoms with E-state index < -0.39 is 12.5 Å². The zero-order valence-corrected chi connectivity index (χ0v) is 10.1. The van der Waals surface area contributed by atoms with Crippen LogP contribution >= 0.6 is 0 Å². The maximum absolute atomic E-state index is 12.2. The lowest BCUT2D eigenvalue weighted by Crippen LogP contribution is -2.20. The number of rotatable bonds is 5. The van der Waals surface area contributed by atoms with E-state index in [1.165, 1.54) is 0 Å². The number of nitrogens with zero attached hydrogens (tertiary/aromatic N) is 2. The number of benzene rings is 1. The minimum absolute atomic E-state index is 0.0291. The van der Waals surface area contributed by atoms with Gasteiger partial charge in [-0.05, 0) is 24.3 Å². The van der Waals surface area contributed by atoms with Crippen molar-refractivity contribution in [3.63, 3.8) is 0 Å². The molecule has 0 aliphatic heterocycles. The Morgan fingerprint density at radius 3 is 2.58 bits per heavy atom. The summed E-state index contributed by atoms with van der Waals surface area (Å²) in [5.41, 5.74) is 0.669. The van der Waals surface area contributed by atoms with Crippen LogP contribution < -0.4 is 4.74 Å². The van der Waals surface area contributed by atoms with E-state index in [1.54, 1.807) is 31.4 Å². The third-order valence-electron chi connectivity index (χ3n) is 2.49. The van der Waals surface area contributed by atoms with Crippen molar-refractivity contribution in [1.29, 1.82) is 0 Å². The Morgan fingerprint density at radius 2 is 2.00 bits per heavy atom. The van der Waals surface area contributed by atoms with E-state index >= 15 is 0 Å². The molecule has 2 rings (SSSR count). The number of aliphatic hydroxyl groups is 1. The molecular formula is C12H12F2N2O3. The molecule has 7 heteroatoms. The third-order valence-corrected chi connectivity index (χ3v) is 2.49. The van der Waals surface area contributed by atoms with Crippen LogP contribution in [0.3, 0.4) is 0 Å². The lowest BCUT2D eigenvalue weighted by atomic mass is 10.2. The smallest absolute Gasteiger partial charge is 0.264 e. The quantitative estimate of drug-likeness (QED) is 0.898. The SMILES string of the molecule is COc1ccc(-c2noc(CC(O)C(F)F)n2)cc1. The number of hydrogen-bond acceptors (Lipinski definition) is 5. The number of alkyl halides is 2. The zero-order chi connectivity index (χ0) is 13.8. The number of hydrogen-bond donors (Lipinski definition) is 1. The molecule has 1 aromatic carbocycles. The highest BCUT2D eigenvalue weighted by Crippen LogP contribution is 2.20. The van der Waals surface area contributed by atoms with Gasteiger partial charge in [-0.1, -0.05) is 5.16 Å². The minimum atomic E-state index is -2.84. The van der Waals surface area contributed by atoms with Gasteiger partial charge >= 0.3 is 0 Å². The van der Waals surface area contributed by atoms with Crippen molar-refractivity contribution in [2.45, 2.75) is 19.0 Å². The average molecular weight is 270 g/mol. The molecule has 0 aliphatic rings. The molecule has 102 valence electrons. The summed E-state index contributed by atoms with van der Waals surface area (Å²) in [6, 6.07) is 6.88. The van der Waals surface area contributed by atoms with Gasteiger partial charge in [0.1, 0.15) is 11.9 Å². The molecule has 0 saturated heterocycles. The predicted octanol–water partition coefficient (Wildman–Crippen LogP) is 1.91. The molecule has 0 bridgehead atoms. The van der Waals surface area contributed by atoms with Crippen molar-refractivity contribution in [1.82, 2.24) is 10.1 Å². The van der Waals surface area contributed by atoms with Crippen LogP contribution in [0.2, 0.25) is 0 Å². The summed E-state index contributed by atoms with van der Waals surface area (Å²) in [5.74, 6) is 0.929. The molecule has 0 spiro atoms. The summed E-state index contributed by atoms with van der Waals surface area (Å²) in [6.45, 7) is 0. The fourth-order valence-electron chi connectivity index (χ4n) is 1.46. The Hall–Kier alpha value is -2.02. The van der Waals surface area contributed by atoms with Crippen molar-refractivity contribution in [2.24, 2.45) is 0 Å². The molecule has 0 fully saturated rings. The van der Waals surface area contributed by atoms with Gasteiger partial charge in [0, 0.05) is 5.56 Å². The van der Waals surface area contributed by atoms with Gasteiger partial charge < -0.3 is 14.4 Å². The first-order valence-corrected chi connectivity index (χ1v) is 5.53. The summed E-state index contributed by atoms with van der Waals surface area (Å²) in [7, 11) is 1.55. The lowest BCUT2D eigenvalue weighted by molar-refractivity contribution is -0.00754. The number of aliphatic hydroxyl groups excluding tert-OH is 1. The van der Waals surface area contributed by atoms with E-state index in [0.29, 0.717) is 11.3 Å². The first-order valence-electron chi connectivity index (χ1n) is 5.53. The monoisotopic (exact) mass is 270 g/mol. The van der Waals surface area contributed by atoms with Gasteiger partial charge in [-0.3, -0.25) is 0 Å². The van der Waals surface area contributed by atoms with Crippen LogP contribution in [-0.2, 0) is 6.42 Å². The highest BCUT2D eigenvalue weighted by molar-refractivity contribution is 5.55. The van der Waals surface area contributed by atoms with Gasteiger partial charge in [-0.15, -0.1) is 0 Å². The molecule has 1 atom stereocenters. The van der Waals surface area contributed by atoms with Gasteiger partial charge in [0.05, 0.1) is 13.5 Å². The van der Waals surface area contributed by atoms with E-state index in [0.717, 1.165) is 0 Å². The van der Waals surface area contributed by atoms with Crippen molar-refractivity contribution < 1.29 is 23.1 Å². The van der Waals surface area contributed by atoms with Crippen molar-refractivity contribution in [2.75, 3.05) is 7.11 Å². The van der Waals surface area contributed by atoms with Crippen molar-refractivity contribution in [3.8, 4) is 17.1 Å². The minimum Gasteiger partial charge on any atom is -0.497 e. The largest absolute Gasteiger partial charge is 0.497 e. The molecule has 1 heterocycles. The van der Waals surface area contributed by atoms with Gasteiger partial charge in [0.25, 0.3) is 6.43 Å². The highest BCUT2D eigenvalue weighted by Gasteiger charge is 2.21. The fourth-order valence-corrected chi connectivity index (χ4v) is 1.46. The number of aromatic nitrogens is 2. The molecule has 0 saturated carbocycles. The number of methoxy groups -OCH3 is 1. The van der Waals surface area contributed by atoms with Crippen molar-refractivity contribution in [3.05, 3.63) is 30.2 Å². The lowest BCUT2D eigenvalue weighted by Gasteiger charge is -2.04. The van der Waals surface area contributed by atoms with E-state index in [4.69, 9.17) is 14.4 Å². The second-order valence-corrected chi connectivity index (χ2v) is 3.85. The van der Waals surface area contributed by atoms with Crippen LogP contribution in [0.15, 0.2) is 28.8 Å². The standard InChI is InChI=1S/C12H12F2N2O3/c1-18-8-4-2-7(3-5-8)12-15-10(19-16-12)6-9(17)11(13)14/h2-5,9,11,17H,6H2,1H3. The molecule has 1 aromatic heterocycles. The zero-order valence-electron chi connectivity index (χ0n) is 10.1. The Morgan fingerprint density at radius 1 is 1.32 bits per heavy atom. The molecule has 0 radical (unpaired) electrons. The Kier molecular flexibility index (Phi) is 4.06. The molecule has 2 aromatic rings. The van der Waals surface area contributed by atoms with Gasteiger partial charge in [0.2, 0.25) is 11.7 Å². The summed E-state index contributed by atoms with van der Waals surface area (Å²) in [4.78, 5) is 3.95. The van der Waals surface area contributed by atoms with Crippen LogP contribution in [0.4, 0.5) is 8.78 Å². The van der Waals surface area contributed by atoms with E-state index in [1.807, 2.05) is 0 Å². The van der Waals surface area contributed by atoms with Gasteiger partial charge in [-0.2, -0.15) is 4.98 Å². The molecule has 1 N–H and O–H groups in total. The maximum atomic E-state index is 12.2. The molecule has 1 unspecified atom stereocenters. The summed E-state index contributed by atoms with van der Waals surface area (Å²) in [6.07, 6.45) is -5.01. The Labute approximate surface area is 107 Å². The fraction of sp³-hybridized carbons (Fsp3) is 0.333. The van der Waals surface area contributed by atoms with Crippen LogP contribution in [-0.4, -0.2) is 34.9 Å². The summed E-state index contributed by atoms with van der Waals surface area (Å²) < 4.78 is 34.2. The van der Waals surface area contributed by atoms with E-state index in [9.17, 15) is 8.78 Å². The van der Waals surface area contributed by atoms with Crippen LogP contribution in [0.25, 0.3) is 11.4 Å². The highest BCUT2D eigenvalue weighted by atomic mass is 19.3. The first kappa shape index (κ1) is 13.4. The number of ether oxygens (including phenoxy) is 1. The van der Waals surface area contributed by atoms with Gasteiger partial charge in [0.15, 0.2) is 0 Å². The van der Waals surface area contributed by atoms with E-state index in [2.05, 4.69) is 10.1 Å². The third kappa shape index (κ3) is 3.25. The first-order chi connectivity index (χ1) is 9.10. The second kappa shape index (κ2) is 5.75. The molecule has 19 heavy (non-hydrogen) atoms. The Bertz CT molecular complexity index is 528. The second-order valence-electron chi connectivity index (χ2n) is 3.85. The topological polar surface area (TPSA) is 68.4 Å². The molecule has 5 nitrogen and oxygen atoms in total. The van der Waals surface area contributed by atoms with Crippen LogP contribution in [0.5, 0.6) is 5.75 Å². The number of halogens is 2. The maximum Gasteiger partial charge on any atom is 0.264 e. The average Bonchev–Trinajstić information content (AvgIpc) is 2.87. The van der Waals surface area contributed by atoms with Crippen LogP contribution in [0.1, 0.15) is 5.89 Å². The summed E-state index contributed by atoms with van der Waals surface area (Å²) in [5, 5.41) is 12.7. The van der Waals surface area contributed by atoms with Gasteiger partial charge in [-0.25, -0.2) is 8.78 Å². The normalized spacial score (nSPS) is 12.7. The Balaban J connectivity index is 2.11. The van der Waals surface area contributed by atoms with E-state index in [-0.39, 0.29) is 18.1 Å². The summed E-state index contributed by atoms with van der Waals surface area (Å²) >= 11 is 0. The molecule has 0 aliphatic carbocycles. The van der Waals surface area contributed by atoms with Crippen LogP contribution in [0, 0.1) is 0 Å². The van der Waals surface area contributed by atoms with Crippen molar-refractivity contribution >= 4 is 0 Å². The molecular weight excluding hydrogens is 258 g/mol. The molecule has 0 amide bonds.